The predicted octanol–water partition coefficient (Wildman–Crippen LogP) is 8.70. The fourth-order valence-corrected chi connectivity index (χ4v) is 5.81. The van der Waals surface area contributed by atoms with Crippen molar-refractivity contribution < 1.29 is 18.9 Å². The maximum atomic E-state index is 12.8. The van der Waals surface area contributed by atoms with E-state index < -0.39 is 0 Å². The van der Waals surface area contributed by atoms with E-state index in [0.717, 1.165) is 34.7 Å². The number of hydrogen-bond donors (Lipinski definition) is 1. The van der Waals surface area contributed by atoms with Crippen molar-refractivity contribution in [1.29, 1.82) is 0 Å². The van der Waals surface area contributed by atoms with Crippen LogP contribution in [-0.2, 0) is 18.3 Å². The molecular weight excluding hydrogens is 516 g/mol. The van der Waals surface area contributed by atoms with Crippen LogP contribution in [0.25, 0.3) is 10.6 Å². The molecule has 0 atom stereocenters. The van der Waals surface area contributed by atoms with Crippen LogP contribution in [0.5, 0.6) is 5.75 Å². The Labute approximate surface area is 245 Å². The molecule has 0 spiro atoms. The van der Waals surface area contributed by atoms with Gasteiger partial charge in [0.25, 0.3) is 5.01 Å². The second-order valence-corrected chi connectivity index (χ2v) is 11.6. The molecule has 40 heavy (non-hydrogen) atoms. The van der Waals surface area contributed by atoms with Crippen molar-refractivity contribution in [2.24, 2.45) is 7.05 Å². The van der Waals surface area contributed by atoms with Crippen LogP contribution in [-0.4, -0.2) is 18.3 Å². The van der Waals surface area contributed by atoms with Crippen LogP contribution in [0.4, 0.5) is 5.69 Å². The van der Waals surface area contributed by atoms with Crippen molar-refractivity contribution in [3.63, 3.8) is 0 Å². The second-order valence-electron chi connectivity index (χ2n) is 10.7. The van der Waals surface area contributed by atoms with E-state index in [0.29, 0.717) is 17.9 Å². The van der Waals surface area contributed by atoms with E-state index in [2.05, 4.69) is 16.8 Å². The molecule has 1 aromatic heterocycles. The van der Waals surface area contributed by atoms with Gasteiger partial charge in [-0.05, 0) is 49.2 Å². The number of Topliss-reactive ketones (excluding diaryl/α,β-unsaturated/α-hetero) is 1. The molecule has 0 unspecified atom stereocenters. The summed E-state index contributed by atoms with van der Waals surface area (Å²) in [5.74, 6) is 0.437. The van der Waals surface area contributed by atoms with Gasteiger partial charge in [-0.3, -0.25) is 9.59 Å². The summed E-state index contributed by atoms with van der Waals surface area (Å²) >= 11 is 1.66. The molecule has 0 saturated heterocycles. The zero-order valence-electron chi connectivity index (χ0n) is 24.7. The van der Waals surface area contributed by atoms with Crippen molar-refractivity contribution in [1.82, 2.24) is 0 Å². The van der Waals surface area contributed by atoms with Gasteiger partial charge in [0, 0.05) is 5.69 Å². The summed E-state index contributed by atoms with van der Waals surface area (Å²) in [5.41, 5.74) is 3.14. The third-order valence-corrected chi connectivity index (χ3v) is 8.23. The first-order chi connectivity index (χ1) is 19.5. The zero-order chi connectivity index (χ0) is 28.6. The molecule has 3 aromatic rings. The number of anilines is 1. The van der Waals surface area contributed by atoms with Crippen LogP contribution in [0.1, 0.15) is 107 Å². The fraction of sp³-hybridized carbons (Fsp3) is 0.500. The molecule has 0 saturated carbocycles. The molecule has 0 aliphatic heterocycles. The van der Waals surface area contributed by atoms with E-state index in [1.807, 2.05) is 55.0 Å². The first-order valence-corrected chi connectivity index (χ1v) is 16.0. The Morgan fingerprint density at radius 1 is 0.875 bits per heavy atom. The first-order valence-electron chi connectivity index (χ1n) is 15.1. The SMILES string of the molecule is CCCCCCCCCCCCCCOc1ccc(CC(=O)Nc2cccc(-c3scc[n+]3C)c2)cc1C(C)=O. The number of ether oxygens (including phenoxy) is 1. The summed E-state index contributed by atoms with van der Waals surface area (Å²) < 4.78 is 8.05. The standard InChI is InChI=1S/C34H46N2O3S/c1-4-5-6-7-8-9-10-11-12-13-14-15-22-39-32-20-19-28(24-31(32)27(2)37)25-33(38)35-30-18-16-17-29(26-30)34-36(3)21-23-40-34/h16-21,23-24,26H,4-15,22,25H2,1-3H3/p+1. The van der Waals surface area contributed by atoms with Crippen LogP contribution in [0.3, 0.4) is 0 Å². The number of aryl methyl sites for hydroxylation is 1. The van der Waals surface area contributed by atoms with Crippen LogP contribution in [0, 0.1) is 0 Å². The molecule has 2 aromatic carbocycles. The summed E-state index contributed by atoms with van der Waals surface area (Å²) in [4.78, 5) is 25.1. The quantitative estimate of drug-likeness (QED) is 0.0901. The Morgan fingerprint density at radius 3 is 2.17 bits per heavy atom. The van der Waals surface area contributed by atoms with Crippen LogP contribution < -0.4 is 14.6 Å². The predicted molar refractivity (Wildman–Crippen MR) is 166 cm³/mol. The molecule has 3 rings (SSSR count). The molecule has 1 heterocycles. The minimum Gasteiger partial charge on any atom is -0.493 e. The number of carbonyl (C=O) groups is 2. The monoisotopic (exact) mass is 563 g/mol. The van der Waals surface area contributed by atoms with Gasteiger partial charge >= 0.3 is 0 Å². The molecule has 5 nitrogen and oxygen atoms in total. The smallest absolute Gasteiger partial charge is 0.268 e. The Bertz CT molecular complexity index is 1200. The number of nitrogens with one attached hydrogen (secondary N) is 1. The number of unbranched alkanes of at least 4 members (excludes halogenated alkanes) is 11. The van der Waals surface area contributed by atoms with Crippen LogP contribution in [0.15, 0.2) is 54.0 Å². The lowest BCUT2D eigenvalue weighted by Gasteiger charge is -2.12. The van der Waals surface area contributed by atoms with Gasteiger partial charge in [0.05, 0.1) is 29.5 Å². The average Bonchev–Trinajstić information content (AvgIpc) is 3.37. The average molecular weight is 564 g/mol. The molecule has 0 aliphatic carbocycles. The molecule has 216 valence electrons. The molecular formula is C34H47N2O3S+. The summed E-state index contributed by atoms with van der Waals surface area (Å²) in [6.45, 7) is 4.42. The normalized spacial score (nSPS) is 11.0. The Morgan fingerprint density at radius 2 is 1.55 bits per heavy atom. The number of carbonyl (C=O) groups excluding carboxylic acids is 2. The van der Waals surface area contributed by atoms with Gasteiger partial charge in [0.1, 0.15) is 12.8 Å². The van der Waals surface area contributed by atoms with Gasteiger partial charge in [-0.15, -0.1) is 0 Å². The highest BCUT2D eigenvalue weighted by molar-refractivity contribution is 7.12. The summed E-state index contributed by atoms with van der Waals surface area (Å²) in [7, 11) is 2.01. The third-order valence-electron chi connectivity index (χ3n) is 7.22. The van der Waals surface area contributed by atoms with E-state index >= 15 is 0 Å². The molecule has 1 N–H and O–H groups in total. The number of ketones is 1. The highest BCUT2D eigenvalue weighted by Crippen LogP contribution is 2.25. The minimum atomic E-state index is -0.118. The summed E-state index contributed by atoms with van der Waals surface area (Å²) in [5, 5.41) is 6.16. The van der Waals surface area contributed by atoms with Crippen molar-refractivity contribution in [2.45, 2.75) is 97.3 Å². The van der Waals surface area contributed by atoms with E-state index in [-0.39, 0.29) is 18.1 Å². The molecule has 0 fully saturated rings. The van der Waals surface area contributed by atoms with E-state index in [4.69, 9.17) is 4.74 Å². The first kappa shape index (κ1) is 31.5. The Hall–Kier alpha value is -2.99. The maximum absolute atomic E-state index is 12.8. The zero-order valence-corrected chi connectivity index (χ0v) is 25.5. The van der Waals surface area contributed by atoms with Crippen LogP contribution >= 0.6 is 11.3 Å². The largest absolute Gasteiger partial charge is 0.493 e. The number of hydrogen-bond acceptors (Lipinski definition) is 4. The highest BCUT2D eigenvalue weighted by atomic mass is 32.1. The lowest BCUT2D eigenvalue weighted by molar-refractivity contribution is -0.655. The molecule has 0 radical (unpaired) electrons. The van der Waals surface area contributed by atoms with Crippen molar-refractivity contribution >= 4 is 28.7 Å². The van der Waals surface area contributed by atoms with E-state index in [1.165, 1.54) is 64.2 Å². The Balaban J connectivity index is 1.39. The van der Waals surface area contributed by atoms with Gasteiger partial charge < -0.3 is 10.1 Å². The lowest BCUT2D eigenvalue weighted by Crippen LogP contribution is -2.26. The number of aromatic nitrogens is 1. The van der Waals surface area contributed by atoms with Gasteiger partial charge in [-0.25, -0.2) is 0 Å². The van der Waals surface area contributed by atoms with Crippen molar-refractivity contribution in [3.05, 3.63) is 65.2 Å². The number of rotatable bonds is 19. The molecule has 6 heteroatoms. The van der Waals surface area contributed by atoms with Crippen LogP contribution in [0.2, 0.25) is 0 Å². The third kappa shape index (κ3) is 10.9. The molecule has 0 aliphatic rings. The van der Waals surface area contributed by atoms with E-state index in [9.17, 15) is 9.59 Å². The number of thiazole rings is 1. The topological polar surface area (TPSA) is 59.3 Å². The summed E-state index contributed by atoms with van der Waals surface area (Å²) in [6.07, 6.45) is 17.8. The Kier molecular flexibility index (Phi) is 13.9. The minimum absolute atomic E-state index is 0.0523. The van der Waals surface area contributed by atoms with Crippen molar-refractivity contribution in [3.8, 4) is 16.3 Å². The van der Waals surface area contributed by atoms with E-state index in [1.54, 1.807) is 24.3 Å². The molecule has 1 amide bonds. The van der Waals surface area contributed by atoms with Crippen molar-refractivity contribution in [2.75, 3.05) is 11.9 Å². The number of benzene rings is 2. The lowest BCUT2D eigenvalue weighted by atomic mass is 10.0. The highest BCUT2D eigenvalue weighted by Gasteiger charge is 2.14. The maximum Gasteiger partial charge on any atom is 0.268 e. The van der Waals surface area contributed by atoms with Gasteiger partial charge in [-0.1, -0.05) is 101 Å². The van der Waals surface area contributed by atoms with Gasteiger partial charge in [0.15, 0.2) is 12.0 Å². The number of nitrogens with zero attached hydrogens (tertiary/aromatic N) is 1. The second kappa shape index (κ2) is 17.6. The van der Waals surface area contributed by atoms with Gasteiger partial charge in [0.2, 0.25) is 5.91 Å². The summed E-state index contributed by atoms with van der Waals surface area (Å²) in [6, 6.07) is 13.4. The molecule has 0 bridgehead atoms. The fourth-order valence-electron chi connectivity index (χ4n) is 4.94. The number of amides is 1. The van der Waals surface area contributed by atoms with Gasteiger partial charge in [-0.2, -0.15) is 4.57 Å².